The molecule has 150 valence electrons. The number of hydrogen-bond acceptors (Lipinski definition) is 6. The van der Waals surface area contributed by atoms with E-state index in [1.165, 1.54) is 11.3 Å². The predicted molar refractivity (Wildman–Crippen MR) is 118 cm³/mol. The largest absolute Gasteiger partial charge is 0.439 e. The van der Waals surface area contributed by atoms with E-state index in [0.29, 0.717) is 47.9 Å². The van der Waals surface area contributed by atoms with Crippen LogP contribution in [0.3, 0.4) is 0 Å². The molecule has 5 rings (SSSR count). The first-order valence-corrected chi connectivity index (χ1v) is 10.6. The lowest BCUT2D eigenvalue weighted by Gasteiger charge is -2.27. The highest BCUT2D eigenvalue weighted by atomic mass is 32.1. The van der Waals surface area contributed by atoms with Crippen LogP contribution in [0.25, 0.3) is 32.2 Å². The molecule has 4 aromatic rings. The molecule has 1 fully saturated rings. The third-order valence-corrected chi connectivity index (χ3v) is 5.81. The second-order valence-corrected chi connectivity index (χ2v) is 7.34. The fraction of sp³-hybridized carbons (Fsp3) is 0.273. The van der Waals surface area contributed by atoms with Crippen molar-refractivity contribution in [1.82, 2.24) is 4.98 Å². The number of anilines is 1. The number of aromatic amines is 1. The maximum Gasteiger partial charge on any atom is 0.255 e. The molecule has 0 unspecified atom stereocenters. The molecule has 6 nitrogen and oxygen atoms in total. The number of H-pyrrole nitrogens is 1. The lowest BCUT2D eigenvalue weighted by molar-refractivity contribution is 0.121. The van der Waals surface area contributed by atoms with Gasteiger partial charge in [0.2, 0.25) is 5.43 Å². The highest BCUT2D eigenvalue weighted by molar-refractivity contribution is 7.17. The zero-order valence-electron chi connectivity index (χ0n) is 16.4. The van der Waals surface area contributed by atoms with Gasteiger partial charge in [-0.25, -0.2) is 0 Å². The van der Waals surface area contributed by atoms with Crippen molar-refractivity contribution in [1.29, 1.82) is 0 Å². The Morgan fingerprint density at radius 2 is 1.86 bits per heavy atom. The predicted octanol–water partition coefficient (Wildman–Crippen LogP) is 4.23. The van der Waals surface area contributed by atoms with E-state index in [-0.39, 0.29) is 11.0 Å². The maximum atomic E-state index is 12.6. The highest BCUT2D eigenvalue weighted by Gasteiger charge is 2.18. The molecule has 1 aromatic carbocycles. The molecule has 1 saturated heterocycles. The fourth-order valence-electron chi connectivity index (χ4n) is 3.43. The van der Waals surface area contributed by atoms with Gasteiger partial charge >= 0.3 is 0 Å². The van der Waals surface area contributed by atoms with Crippen molar-refractivity contribution in [3.8, 4) is 11.1 Å². The number of hydrogen-bond donors (Lipinski definition) is 1. The lowest BCUT2D eigenvalue weighted by Crippen LogP contribution is -2.36. The van der Waals surface area contributed by atoms with Crippen molar-refractivity contribution < 1.29 is 9.15 Å². The molecule has 0 atom stereocenters. The van der Waals surface area contributed by atoms with E-state index in [9.17, 15) is 9.59 Å². The Hall–Kier alpha value is -2.90. The van der Waals surface area contributed by atoms with Crippen LogP contribution in [0.15, 0.2) is 55.9 Å². The Balaban J connectivity index is 0.000000994. The molecule has 0 saturated carbocycles. The Kier molecular flexibility index (Phi) is 5.51. The minimum atomic E-state index is -0.115. The quantitative estimate of drug-likeness (QED) is 0.535. The van der Waals surface area contributed by atoms with Gasteiger partial charge in [0.25, 0.3) is 5.56 Å². The lowest BCUT2D eigenvalue weighted by atomic mass is 10.0. The summed E-state index contributed by atoms with van der Waals surface area (Å²) < 4.78 is 12.1. The summed E-state index contributed by atoms with van der Waals surface area (Å²) >= 11 is 1.38. The summed E-state index contributed by atoms with van der Waals surface area (Å²) in [5, 5.41) is 3.42. The monoisotopic (exact) mass is 410 g/mol. The number of nitrogens with one attached hydrogen (secondary N) is 1. The van der Waals surface area contributed by atoms with Gasteiger partial charge in [0, 0.05) is 41.7 Å². The average molecular weight is 410 g/mol. The number of pyridine rings is 1. The smallest absolute Gasteiger partial charge is 0.255 e. The molecule has 1 aliphatic rings. The van der Waals surface area contributed by atoms with E-state index >= 15 is 0 Å². The molecule has 0 bridgehead atoms. The zero-order chi connectivity index (χ0) is 20.4. The molecule has 29 heavy (non-hydrogen) atoms. The van der Waals surface area contributed by atoms with Gasteiger partial charge in [0.1, 0.15) is 4.70 Å². The average Bonchev–Trinajstić information content (AvgIpc) is 3.20. The second kappa shape index (κ2) is 8.23. The third-order valence-electron chi connectivity index (χ3n) is 4.84. The van der Waals surface area contributed by atoms with E-state index in [1.54, 1.807) is 18.3 Å². The van der Waals surface area contributed by atoms with Crippen LogP contribution < -0.4 is 15.9 Å². The number of thiophene rings is 1. The van der Waals surface area contributed by atoms with Gasteiger partial charge in [-0.2, -0.15) is 0 Å². The summed E-state index contributed by atoms with van der Waals surface area (Å²) in [7, 11) is 0. The van der Waals surface area contributed by atoms with E-state index in [0.717, 1.165) is 16.5 Å². The topological polar surface area (TPSA) is 75.5 Å². The molecule has 0 aliphatic carbocycles. The van der Waals surface area contributed by atoms with Crippen LogP contribution in [0.4, 0.5) is 5.88 Å². The first-order chi connectivity index (χ1) is 14.2. The Bertz CT molecular complexity index is 1270. The minimum Gasteiger partial charge on any atom is -0.439 e. The number of aromatic nitrogens is 1. The minimum absolute atomic E-state index is 0.0359. The molecular formula is C22H22N2O4S. The van der Waals surface area contributed by atoms with E-state index in [4.69, 9.17) is 9.15 Å². The van der Waals surface area contributed by atoms with E-state index in [1.807, 2.05) is 42.3 Å². The van der Waals surface area contributed by atoms with Crippen LogP contribution >= 0.6 is 11.3 Å². The number of ether oxygens (including phenoxy) is 1. The van der Waals surface area contributed by atoms with Crippen molar-refractivity contribution in [2.75, 3.05) is 31.2 Å². The molecule has 1 aliphatic heterocycles. The first-order valence-electron chi connectivity index (χ1n) is 9.70. The van der Waals surface area contributed by atoms with Crippen molar-refractivity contribution in [3.05, 3.63) is 62.5 Å². The number of rotatable bonds is 2. The van der Waals surface area contributed by atoms with Crippen LogP contribution in [0.2, 0.25) is 0 Å². The molecule has 0 radical (unpaired) electrons. The van der Waals surface area contributed by atoms with Crippen LogP contribution in [0.5, 0.6) is 0 Å². The summed E-state index contributed by atoms with van der Waals surface area (Å²) in [6.45, 7) is 6.65. The molecule has 1 N–H and O–H groups in total. The third kappa shape index (κ3) is 3.59. The second-order valence-electron chi connectivity index (χ2n) is 6.46. The van der Waals surface area contributed by atoms with Crippen LogP contribution in [-0.4, -0.2) is 31.3 Å². The molecule has 4 heterocycles. The summed E-state index contributed by atoms with van der Waals surface area (Å²) in [6.07, 6.45) is 1.64. The van der Waals surface area contributed by atoms with Crippen LogP contribution in [-0.2, 0) is 4.74 Å². The Labute approximate surface area is 171 Å². The van der Waals surface area contributed by atoms with E-state index < -0.39 is 0 Å². The van der Waals surface area contributed by atoms with Crippen molar-refractivity contribution in [2.45, 2.75) is 13.8 Å². The molecule has 0 spiro atoms. The summed E-state index contributed by atoms with van der Waals surface area (Å²) in [5.74, 6) is 0.577. The molecule has 3 aromatic heterocycles. The van der Waals surface area contributed by atoms with Crippen molar-refractivity contribution >= 4 is 38.3 Å². The SMILES string of the molecule is CC.O=c1[nH]ccc2cc(-c3csc4c(=O)cc(N5CCOCC5)oc34)ccc12. The van der Waals surface area contributed by atoms with Gasteiger partial charge in [0.15, 0.2) is 11.5 Å². The van der Waals surface area contributed by atoms with Gasteiger partial charge in [-0.1, -0.05) is 19.9 Å². The molecule has 0 amide bonds. The number of benzene rings is 1. The van der Waals surface area contributed by atoms with Crippen molar-refractivity contribution in [2.24, 2.45) is 0 Å². The number of morpholine rings is 1. The maximum absolute atomic E-state index is 12.6. The van der Waals surface area contributed by atoms with E-state index in [2.05, 4.69) is 4.98 Å². The van der Waals surface area contributed by atoms with Gasteiger partial charge in [-0.15, -0.1) is 11.3 Å². The summed E-state index contributed by atoms with van der Waals surface area (Å²) in [6, 6.07) is 9.07. The standard InChI is InChI=1S/C20H16N2O4S.C2H6/c23-16-10-17(22-5-7-25-8-6-22)26-18-15(11-27-19(16)18)12-1-2-14-13(9-12)3-4-21-20(14)24;1-2/h1-4,9-11H,5-8H2,(H,21,24);1-2H3. The summed E-state index contributed by atoms with van der Waals surface area (Å²) in [4.78, 5) is 29.2. The fourth-order valence-corrected chi connectivity index (χ4v) is 4.34. The van der Waals surface area contributed by atoms with Crippen LogP contribution in [0.1, 0.15) is 13.8 Å². The highest BCUT2D eigenvalue weighted by Crippen LogP contribution is 2.35. The van der Waals surface area contributed by atoms with Gasteiger partial charge in [-0.3, -0.25) is 9.59 Å². The zero-order valence-corrected chi connectivity index (χ0v) is 17.2. The van der Waals surface area contributed by atoms with Crippen LogP contribution in [0, 0.1) is 0 Å². The van der Waals surface area contributed by atoms with Gasteiger partial charge < -0.3 is 19.0 Å². The normalized spacial score (nSPS) is 14.1. The molecule has 7 heteroatoms. The van der Waals surface area contributed by atoms with Gasteiger partial charge in [0.05, 0.1) is 13.2 Å². The van der Waals surface area contributed by atoms with Crippen molar-refractivity contribution in [3.63, 3.8) is 0 Å². The number of nitrogens with zero attached hydrogens (tertiary/aromatic N) is 1. The van der Waals surface area contributed by atoms with Gasteiger partial charge in [-0.05, 0) is 29.1 Å². The Morgan fingerprint density at radius 1 is 1.07 bits per heavy atom. The summed E-state index contributed by atoms with van der Waals surface area (Å²) in [5.41, 5.74) is 2.23. The first kappa shape index (κ1) is 19.4. The number of fused-ring (bicyclic) bond motifs is 2. The Morgan fingerprint density at radius 3 is 2.66 bits per heavy atom. The molecular weight excluding hydrogens is 388 g/mol.